The van der Waals surface area contributed by atoms with E-state index in [1.54, 1.807) is 25.2 Å². The first-order valence-corrected chi connectivity index (χ1v) is 5.79. The van der Waals surface area contributed by atoms with Gasteiger partial charge in [0.15, 0.2) is 0 Å². The van der Waals surface area contributed by atoms with Crippen LogP contribution in [-0.2, 0) is 0 Å². The SMILES string of the molecule is CNc1cc(N)nc(NC(=O)c2ccc(C)cc2)n1. The Labute approximate surface area is 111 Å². The summed E-state index contributed by atoms with van der Waals surface area (Å²) < 4.78 is 0. The predicted octanol–water partition coefficient (Wildman–Crippen LogP) is 1.66. The highest BCUT2D eigenvalue weighted by Gasteiger charge is 2.08. The minimum Gasteiger partial charge on any atom is -0.383 e. The van der Waals surface area contributed by atoms with Crippen LogP contribution in [0, 0.1) is 6.92 Å². The van der Waals surface area contributed by atoms with E-state index in [4.69, 9.17) is 5.73 Å². The van der Waals surface area contributed by atoms with E-state index in [1.807, 2.05) is 19.1 Å². The van der Waals surface area contributed by atoms with Gasteiger partial charge in [-0.15, -0.1) is 0 Å². The molecule has 0 unspecified atom stereocenters. The van der Waals surface area contributed by atoms with Gasteiger partial charge >= 0.3 is 0 Å². The minimum absolute atomic E-state index is 0.176. The van der Waals surface area contributed by atoms with E-state index in [2.05, 4.69) is 20.6 Å². The molecule has 2 rings (SSSR count). The molecule has 0 aliphatic carbocycles. The highest BCUT2D eigenvalue weighted by atomic mass is 16.1. The number of carbonyl (C=O) groups excluding carboxylic acids is 1. The van der Waals surface area contributed by atoms with Crippen LogP contribution in [-0.4, -0.2) is 22.9 Å². The molecule has 0 aliphatic rings. The lowest BCUT2D eigenvalue weighted by Gasteiger charge is -2.07. The number of hydrogen-bond acceptors (Lipinski definition) is 5. The molecular formula is C13H15N5O. The van der Waals surface area contributed by atoms with Gasteiger partial charge in [-0.3, -0.25) is 10.1 Å². The van der Waals surface area contributed by atoms with Gasteiger partial charge in [0, 0.05) is 18.7 Å². The van der Waals surface area contributed by atoms with Gasteiger partial charge in [0.05, 0.1) is 0 Å². The monoisotopic (exact) mass is 257 g/mol. The van der Waals surface area contributed by atoms with E-state index in [9.17, 15) is 4.79 Å². The molecule has 1 aromatic carbocycles. The average Bonchev–Trinajstić information content (AvgIpc) is 2.38. The first kappa shape index (κ1) is 12.8. The number of benzene rings is 1. The minimum atomic E-state index is -0.271. The number of carbonyl (C=O) groups is 1. The van der Waals surface area contributed by atoms with Crippen molar-refractivity contribution in [3.63, 3.8) is 0 Å². The van der Waals surface area contributed by atoms with Crippen molar-refractivity contribution in [2.75, 3.05) is 23.4 Å². The zero-order chi connectivity index (χ0) is 13.8. The Morgan fingerprint density at radius 1 is 1.21 bits per heavy atom. The molecule has 6 heteroatoms. The molecule has 6 nitrogen and oxygen atoms in total. The maximum absolute atomic E-state index is 12.0. The molecule has 0 radical (unpaired) electrons. The quantitative estimate of drug-likeness (QED) is 0.777. The summed E-state index contributed by atoms with van der Waals surface area (Å²) in [4.78, 5) is 20.0. The second-order valence-corrected chi connectivity index (χ2v) is 4.07. The Morgan fingerprint density at radius 3 is 2.53 bits per heavy atom. The number of nitrogen functional groups attached to an aromatic ring is 1. The summed E-state index contributed by atoms with van der Waals surface area (Å²) in [6.45, 7) is 1.96. The first-order chi connectivity index (χ1) is 9.08. The molecule has 98 valence electrons. The van der Waals surface area contributed by atoms with Gasteiger partial charge < -0.3 is 11.1 Å². The van der Waals surface area contributed by atoms with Crippen LogP contribution < -0.4 is 16.4 Å². The number of aryl methyl sites for hydroxylation is 1. The summed E-state index contributed by atoms with van der Waals surface area (Å²) >= 11 is 0. The van der Waals surface area contributed by atoms with Crippen molar-refractivity contribution in [2.24, 2.45) is 0 Å². The summed E-state index contributed by atoms with van der Waals surface area (Å²) in [5.41, 5.74) is 7.26. The zero-order valence-electron chi connectivity index (χ0n) is 10.8. The fourth-order valence-corrected chi connectivity index (χ4v) is 1.53. The van der Waals surface area contributed by atoms with Crippen LogP contribution in [0.2, 0.25) is 0 Å². The number of rotatable bonds is 3. The van der Waals surface area contributed by atoms with E-state index < -0.39 is 0 Å². The van der Waals surface area contributed by atoms with Gasteiger partial charge in [0.25, 0.3) is 5.91 Å². The molecule has 1 amide bonds. The maximum Gasteiger partial charge on any atom is 0.258 e. The van der Waals surface area contributed by atoms with Crippen LogP contribution in [0.5, 0.6) is 0 Å². The van der Waals surface area contributed by atoms with Gasteiger partial charge in [-0.05, 0) is 19.1 Å². The summed E-state index contributed by atoms with van der Waals surface area (Å²) in [5, 5.41) is 5.46. The van der Waals surface area contributed by atoms with Crippen molar-refractivity contribution < 1.29 is 4.79 Å². The molecule has 0 fully saturated rings. The molecule has 0 saturated carbocycles. The van der Waals surface area contributed by atoms with E-state index in [-0.39, 0.29) is 11.9 Å². The van der Waals surface area contributed by atoms with Gasteiger partial charge in [-0.2, -0.15) is 9.97 Å². The molecule has 19 heavy (non-hydrogen) atoms. The largest absolute Gasteiger partial charge is 0.383 e. The lowest BCUT2D eigenvalue weighted by Crippen LogP contribution is -2.15. The fourth-order valence-electron chi connectivity index (χ4n) is 1.53. The lowest BCUT2D eigenvalue weighted by molar-refractivity contribution is 0.102. The van der Waals surface area contributed by atoms with E-state index in [1.165, 1.54) is 0 Å². The molecule has 4 N–H and O–H groups in total. The van der Waals surface area contributed by atoms with Crippen molar-refractivity contribution in [1.82, 2.24) is 9.97 Å². The normalized spacial score (nSPS) is 10.0. The van der Waals surface area contributed by atoms with Crippen LogP contribution in [0.4, 0.5) is 17.6 Å². The Hall–Kier alpha value is -2.63. The third-order valence-electron chi connectivity index (χ3n) is 2.54. The second kappa shape index (κ2) is 5.34. The van der Waals surface area contributed by atoms with E-state index in [0.717, 1.165) is 5.56 Å². The highest BCUT2D eigenvalue weighted by Crippen LogP contribution is 2.12. The van der Waals surface area contributed by atoms with Crippen molar-refractivity contribution in [1.29, 1.82) is 0 Å². The number of amides is 1. The summed E-state index contributed by atoms with van der Waals surface area (Å²) in [5.74, 6) is 0.743. The summed E-state index contributed by atoms with van der Waals surface area (Å²) in [6, 6.07) is 8.82. The highest BCUT2D eigenvalue weighted by molar-refractivity contribution is 6.03. The smallest absolute Gasteiger partial charge is 0.258 e. The third kappa shape index (κ3) is 3.19. The number of nitrogens with two attached hydrogens (primary N) is 1. The van der Waals surface area contributed by atoms with Crippen molar-refractivity contribution in [3.05, 3.63) is 41.5 Å². The molecular weight excluding hydrogens is 242 g/mol. The Morgan fingerprint density at radius 2 is 1.89 bits per heavy atom. The zero-order valence-corrected chi connectivity index (χ0v) is 10.8. The maximum atomic E-state index is 12.0. The standard InChI is InChI=1S/C13H15N5O/c1-8-3-5-9(6-4-8)12(19)18-13-16-10(14)7-11(15-2)17-13/h3-7H,1-2H3,(H4,14,15,16,17,18,19). The number of hydrogen-bond donors (Lipinski definition) is 3. The number of nitrogens with one attached hydrogen (secondary N) is 2. The first-order valence-electron chi connectivity index (χ1n) is 5.79. The van der Waals surface area contributed by atoms with Crippen LogP contribution in [0.15, 0.2) is 30.3 Å². The van der Waals surface area contributed by atoms with Gasteiger partial charge in [-0.1, -0.05) is 17.7 Å². The molecule has 2 aromatic rings. The van der Waals surface area contributed by atoms with Crippen molar-refractivity contribution in [2.45, 2.75) is 6.92 Å². The molecule has 0 aliphatic heterocycles. The Kier molecular flexibility index (Phi) is 3.61. The number of anilines is 3. The molecule has 0 saturated heterocycles. The van der Waals surface area contributed by atoms with Crippen LogP contribution in [0.25, 0.3) is 0 Å². The van der Waals surface area contributed by atoms with Gasteiger partial charge in [0.1, 0.15) is 11.6 Å². The average molecular weight is 257 g/mol. The summed E-state index contributed by atoms with van der Waals surface area (Å²) in [7, 11) is 1.72. The molecule has 0 spiro atoms. The van der Waals surface area contributed by atoms with Crippen LogP contribution in [0.3, 0.4) is 0 Å². The van der Waals surface area contributed by atoms with Gasteiger partial charge in [-0.25, -0.2) is 0 Å². The molecule has 0 atom stereocenters. The molecule has 1 aromatic heterocycles. The fraction of sp³-hybridized carbons (Fsp3) is 0.154. The summed E-state index contributed by atoms with van der Waals surface area (Å²) in [6.07, 6.45) is 0. The Balaban J connectivity index is 2.18. The number of nitrogens with zero attached hydrogens (tertiary/aromatic N) is 2. The van der Waals surface area contributed by atoms with Crippen molar-refractivity contribution in [3.8, 4) is 0 Å². The third-order valence-corrected chi connectivity index (χ3v) is 2.54. The van der Waals surface area contributed by atoms with Gasteiger partial charge in [0.2, 0.25) is 5.95 Å². The predicted molar refractivity (Wildman–Crippen MR) is 75.1 cm³/mol. The topological polar surface area (TPSA) is 92.9 Å². The van der Waals surface area contributed by atoms with E-state index in [0.29, 0.717) is 17.2 Å². The second-order valence-electron chi connectivity index (χ2n) is 4.07. The van der Waals surface area contributed by atoms with E-state index >= 15 is 0 Å². The number of aromatic nitrogens is 2. The van der Waals surface area contributed by atoms with Crippen LogP contribution >= 0.6 is 0 Å². The molecule has 1 heterocycles. The van der Waals surface area contributed by atoms with Crippen molar-refractivity contribution >= 4 is 23.5 Å². The Bertz CT molecular complexity index is 594. The molecule has 0 bridgehead atoms. The van der Waals surface area contributed by atoms with Crippen LogP contribution in [0.1, 0.15) is 15.9 Å². The lowest BCUT2D eigenvalue weighted by atomic mass is 10.1.